The van der Waals surface area contributed by atoms with Crippen LogP contribution in [0, 0.1) is 0 Å². The molecule has 0 saturated carbocycles. The van der Waals surface area contributed by atoms with Crippen molar-refractivity contribution < 1.29 is 37.6 Å². The van der Waals surface area contributed by atoms with Crippen molar-refractivity contribution in [3.8, 4) is 0 Å². The Labute approximate surface area is 535 Å². The summed E-state index contributed by atoms with van der Waals surface area (Å²) in [7, 11) is -4.40. The third-order valence-corrected chi connectivity index (χ3v) is 15.7. The number of carbonyl (C=O) groups is 2. The van der Waals surface area contributed by atoms with Crippen molar-refractivity contribution >= 4 is 19.8 Å². The van der Waals surface area contributed by atoms with Gasteiger partial charge in [-0.25, -0.2) is 4.57 Å². The monoisotopic (exact) mass is 1230 g/mol. The second-order valence-corrected chi connectivity index (χ2v) is 24.4. The molecule has 0 bridgehead atoms. The molecule has 2 atom stereocenters. The molecule has 3 N–H and O–H groups in total. The SMILES string of the molecule is CC/C=C\C/C=C\C/C=C\C/C=C\C/C=C\C/C=C\CCCCCCCCCCCCCCCCCCC(=O)OC(COC(=O)CCCCCCCCCCCCCC/C=C\C/C=C\C/C=C\C/C=C\C/C=C\C/C=C\CC)COP(=O)(O)OCCN. The Balaban J connectivity index is 3.90. The third-order valence-electron chi connectivity index (χ3n) is 14.7. The minimum absolute atomic E-state index is 0.0481. The maximum Gasteiger partial charge on any atom is 0.472 e. The van der Waals surface area contributed by atoms with Gasteiger partial charge in [-0.1, -0.05) is 314 Å². The molecule has 87 heavy (non-hydrogen) atoms. The van der Waals surface area contributed by atoms with Crippen LogP contribution in [0.2, 0.25) is 0 Å². The Hall–Kier alpha value is -4.11. The molecule has 0 amide bonds. The molecule has 0 heterocycles. The first-order valence-electron chi connectivity index (χ1n) is 35.3. The summed E-state index contributed by atoms with van der Waals surface area (Å²) in [5.41, 5.74) is 5.40. The van der Waals surface area contributed by atoms with Crippen molar-refractivity contribution in [1.82, 2.24) is 0 Å². The summed E-state index contributed by atoms with van der Waals surface area (Å²) >= 11 is 0. The van der Waals surface area contributed by atoms with Gasteiger partial charge in [-0.05, 0) is 116 Å². The van der Waals surface area contributed by atoms with Crippen LogP contribution >= 0.6 is 7.82 Å². The lowest BCUT2D eigenvalue weighted by molar-refractivity contribution is -0.161. The molecule has 0 aromatic rings. The molecular weight excluding hydrogens is 1100 g/mol. The zero-order valence-corrected chi connectivity index (χ0v) is 56.6. The summed E-state index contributed by atoms with van der Waals surface area (Å²) in [5.74, 6) is -0.829. The molecule has 496 valence electrons. The van der Waals surface area contributed by atoms with Gasteiger partial charge in [0.15, 0.2) is 6.10 Å². The topological polar surface area (TPSA) is 134 Å². The minimum atomic E-state index is -4.40. The summed E-state index contributed by atoms with van der Waals surface area (Å²) < 4.78 is 33.2. The van der Waals surface area contributed by atoms with E-state index in [1.807, 2.05) is 0 Å². The van der Waals surface area contributed by atoms with Gasteiger partial charge >= 0.3 is 19.8 Å². The Bertz CT molecular complexity index is 1940. The largest absolute Gasteiger partial charge is 0.472 e. The van der Waals surface area contributed by atoms with E-state index in [-0.39, 0.29) is 38.6 Å². The fraction of sp³-hybridized carbons (Fsp3) is 0.662. The van der Waals surface area contributed by atoms with Gasteiger partial charge in [0.25, 0.3) is 0 Å². The lowest BCUT2D eigenvalue weighted by Gasteiger charge is -2.19. The number of nitrogens with two attached hydrogens (primary N) is 1. The summed E-state index contributed by atoms with van der Waals surface area (Å²) in [6, 6.07) is 0. The number of hydrogen-bond acceptors (Lipinski definition) is 8. The molecule has 2 unspecified atom stereocenters. The highest BCUT2D eigenvalue weighted by molar-refractivity contribution is 7.47. The fourth-order valence-corrected chi connectivity index (χ4v) is 10.4. The maximum atomic E-state index is 12.8. The van der Waals surface area contributed by atoms with Crippen LogP contribution in [0.4, 0.5) is 0 Å². The predicted octanol–water partition coefficient (Wildman–Crippen LogP) is 23.4. The van der Waals surface area contributed by atoms with Gasteiger partial charge in [-0.3, -0.25) is 18.6 Å². The number of unbranched alkanes of at least 4 members (excludes halogenated alkanes) is 28. The van der Waals surface area contributed by atoms with Crippen molar-refractivity contribution in [3.63, 3.8) is 0 Å². The average Bonchev–Trinajstić information content (AvgIpc) is 3.64. The third kappa shape index (κ3) is 70.8. The van der Waals surface area contributed by atoms with E-state index in [2.05, 4.69) is 160 Å². The molecule has 0 aliphatic carbocycles. The molecule has 0 saturated heterocycles. The zero-order valence-electron chi connectivity index (χ0n) is 55.7. The van der Waals surface area contributed by atoms with E-state index in [9.17, 15) is 19.0 Å². The highest BCUT2D eigenvalue weighted by Gasteiger charge is 2.26. The summed E-state index contributed by atoms with van der Waals surface area (Å²) in [6.45, 7) is 3.53. The minimum Gasteiger partial charge on any atom is -0.462 e. The second-order valence-electron chi connectivity index (χ2n) is 23.0. The molecule has 0 aliphatic heterocycles. The van der Waals surface area contributed by atoms with Crippen molar-refractivity contribution in [2.75, 3.05) is 26.4 Å². The Morgan fingerprint density at radius 3 is 0.885 bits per heavy atom. The smallest absolute Gasteiger partial charge is 0.462 e. The van der Waals surface area contributed by atoms with Gasteiger partial charge < -0.3 is 20.1 Å². The zero-order chi connectivity index (χ0) is 63.0. The van der Waals surface area contributed by atoms with Crippen LogP contribution in [0.5, 0.6) is 0 Å². The second kappa shape index (κ2) is 71.0. The summed E-state index contributed by atoms with van der Waals surface area (Å²) in [6.07, 6.45) is 102. The summed E-state index contributed by atoms with van der Waals surface area (Å²) in [4.78, 5) is 35.4. The molecule has 10 heteroatoms. The van der Waals surface area contributed by atoms with Gasteiger partial charge in [-0.15, -0.1) is 0 Å². The highest BCUT2D eigenvalue weighted by Crippen LogP contribution is 2.43. The number of rotatable bonds is 65. The van der Waals surface area contributed by atoms with Crippen LogP contribution in [0.15, 0.2) is 146 Å². The van der Waals surface area contributed by atoms with Gasteiger partial charge in [0, 0.05) is 19.4 Å². The van der Waals surface area contributed by atoms with E-state index in [0.717, 1.165) is 116 Å². The standard InChI is InChI=1S/C77H130NO8P/c1-3-5-7-9-11-13-15-17-19-21-23-25-27-29-31-33-35-36-37-38-40-42-44-46-48-50-52-54-56-58-60-62-64-66-68-70-77(80)86-75(74-85-87(81,82)84-72-71-78)73-83-76(79)69-67-65-63-61-59-57-55-53-51-49-47-45-43-41-39-34-32-30-28-26-24-22-20-18-16-14-12-10-8-6-4-2/h5-8,11-14,17-20,23-26,29-32,35-36,39,41,75H,3-4,9-10,15-16,21-22,27-28,33-34,37-38,40,42-74,78H2,1-2H3,(H,81,82)/b7-5-,8-6-,13-11-,14-12-,19-17-,20-18-,25-23-,26-24-,31-29-,32-30-,36-35-,41-39-. The number of allylic oxidation sites excluding steroid dienone is 24. The van der Waals surface area contributed by atoms with Crippen LogP contribution < -0.4 is 5.73 Å². The van der Waals surface area contributed by atoms with Gasteiger partial charge in [0.2, 0.25) is 0 Å². The van der Waals surface area contributed by atoms with E-state index in [0.29, 0.717) is 6.42 Å². The van der Waals surface area contributed by atoms with Crippen molar-refractivity contribution in [2.45, 2.75) is 302 Å². The lowest BCUT2D eigenvalue weighted by Crippen LogP contribution is -2.29. The molecule has 0 aromatic carbocycles. The quantitative estimate of drug-likeness (QED) is 0.0264. The Kier molecular flexibility index (Phi) is 67.6. The molecule has 0 aromatic heterocycles. The fourth-order valence-electron chi connectivity index (χ4n) is 9.59. The van der Waals surface area contributed by atoms with Crippen molar-refractivity contribution in [3.05, 3.63) is 146 Å². The summed E-state index contributed by atoms with van der Waals surface area (Å²) in [5, 5.41) is 0. The van der Waals surface area contributed by atoms with Crippen molar-refractivity contribution in [2.24, 2.45) is 5.73 Å². The van der Waals surface area contributed by atoms with Crippen LogP contribution in [0.1, 0.15) is 296 Å². The number of phosphoric ester groups is 1. The predicted molar refractivity (Wildman–Crippen MR) is 376 cm³/mol. The first-order chi connectivity index (χ1) is 42.8. The number of hydrogen-bond donors (Lipinski definition) is 2. The van der Waals surface area contributed by atoms with Gasteiger partial charge in [-0.2, -0.15) is 0 Å². The maximum absolute atomic E-state index is 12.8. The molecule has 0 fully saturated rings. The van der Waals surface area contributed by atoms with Crippen LogP contribution in [-0.4, -0.2) is 49.3 Å². The first-order valence-corrected chi connectivity index (χ1v) is 36.8. The molecule has 0 spiro atoms. The number of ether oxygens (including phenoxy) is 2. The molecule has 0 radical (unpaired) electrons. The molecular formula is C77H130NO8P. The number of phosphoric acid groups is 1. The Morgan fingerprint density at radius 2 is 0.598 bits per heavy atom. The van der Waals surface area contributed by atoms with E-state index in [1.165, 1.54) is 148 Å². The number of carbonyl (C=O) groups excluding carboxylic acids is 2. The van der Waals surface area contributed by atoms with Crippen LogP contribution in [0.3, 0.4) is 0 Å². The number of esters is 2. The lowest BCUT2D eigenvalue weighted by atomic mass is 10.0. The normalized spacial score (nSPS) is 13.8. The molecule has 0 rings (SSSR count). The first kappa shape index (κ1) is 82.9. The van der Waals surface area contributed by atoms with E-state index >= 15 is 0 Å². The highest BCUT2D eigenvalue weighted by atomic mass is 31.2. The van der Waals surface area contributed by atoms with Gasteiger partial charge in [0.05, 0.1) is 13.2 Å². The van der Waals surface area contributed by atoms with E-state index in [4.69, 9.17) is 24.3 Å². The van der Waals surface area contributed by atoms with Gasteiger partial charge in [0.1, 0.15) is 6.61 Å². The van der Waals surface area contributed by atoms with Crippen LogP contribution in [-0.2, 0) is 32.7 Å². The Morgan fingerprint density at radius 1 is 0.345 bits per heavy atom. The van der Waals surface area contributed by atoms with E-state index < -0.39 is 26.5 Å². The molecule has 9 nitrogen and oxygen atoms in total. The molecule has 0 aliphatic rings. The van der Waals surface area contributed by atoms with E-state index in [1.54, 1.807) is 0 Å². The average molecular weight is 1230 g/mol. The van der Waals surface area contributed by atoms with Crippen molar-refractivity contribution in [1.29, 1.82) is 0 Å². The van der Waals surface area contributed by atoms with Crippen LogP contribution in [0.25, 0.3) is 0 Å².